The van der Waals surface area contributed by atoms with Crippen molar-refractivity contribution in [3.63, 3.8) is 0 Å². The predicted molar refractivity (Wildman–Crippen MR) is 116 cm³/mol. The highest BCUT2D eigenvalue weighted by Crippen LogP contribution is 2.30. The van der Waals surface area contributed by atoms with Crippen molar-refractivity contribution in [3.05, 3.63) is 106 Å². The van der Waals surface area contributed by atoms with Crippen LogP contribution in [0.4, 0.5) is 22.0 Å². The molecule has 32 heavy (non-hydrogen) atoms. The normalized spacial score (nSPS) is 10.8. The molecule has 4 rings (SSSR count). The van der Waals surface area contributed by atoms with Crippen molar-refractivity contribution in [2.45, 2.75) is 19.8 Å². The highest BCUT2D eigenvalue weighted by atomic mass is 19.1. The van der Waals surface area contributed by atoms with E-state index in [1.807, 2.05) is 6.92 Å². The summed E-state index contributed by atoms with van der Waals surface area (Å²) in [6.45, 7) is 1.88. The molecule has 0 aliphatic carbocycles. The number of benzene rings is 4. The highest BCUT2D eigenvalue weighted by molar-refractivity contribution is 5.84. The van der Waals surface area contributed by atoms with Gasteiger partial charge in [0.15, 0.2) is 0 Å². The van der Waals surface area contributed by atoms with E-state index in [1.54, 1.807) is 24.3 Å². The smallest absolute Gasteiger partial charge is 0.142 e. The zero-order valence-electron chi connectivity index (χ0n) is 17.1. The van der Waals surface area contributed by atoms with Gasteiger partial charge in [-0.15, -0.1) is 0 Å². The van der Waals surface area contributed by atoms with E-state index in [2.05, 4.69) is 11.8 Å². The molecule has 0 fully saturated rings. The summed E-state index contributed by atoms with van der Waals surface area (Å²) in [6.07, 6.45) is 1.21. The zero-order chi connectivity index (χ0) is 22.8. The topological polar surface area (TPSA) is 0 Å². The van der Waals surface area contributed by atoms with Gasteiger partial charge in [0.25, 0.3) is 0 Å². The van der Waals surface area contributed by atoms with E-state index in [0.717, 1.165) is 17.5 Å². The van der Waals surface area contributed by atoms with Crippen LogP contribution in [-0.4, -0.2) is 0 Å². The van der Waals surface area contributed by atoms with Gasteiger partial charge in [0.1, 0.15) is 29.1 Å². The lowest BCUT2D eigenvalue weighted by molar-refractivity contribution is 0.573. The minimum atomic E-state index is -1.02. The van der Waals surface area contributed by atoms with Crippen LogP contribution in [0.25, 0.3) is 21.9 Å². The van der Waals surface area contributed by atoms with Crippen molar-refractivity contribution < 1.29 is 22.0 Å². The Morgan fingerprint density at radius 3 is 1.94 bits per heavy atom. The van der Waals surface area contributed by atoms with E-state index in [1.165, 1.54) is 24.3 Å². The number of hydrogen-bond acceptors (Lipinski definition) is 0. The summed E-state index contributed by atoms with van der Waals surface area (Å²) in [5.74, 6) is 0.964. The number of halogens is 5. The van der Waals surface area contributed by atoms with Crippen LogP contribution in [0.2, 0.25) is 0 Å². The molecule has 4 aromatic carbocycles. The average molecular weight is 436 g/mol. The first-order chi connectivity index (χ1) is 15.4. The standard InChI is InChI=1S/C27H17F5/c1-2-3-17-11-25(31)27(26(32)12-17)20-14-23(29)22(24(30)15-20)9-5-16-4-6-19-13-21(28)8-7-18(19)10-16/h4,6-8,10-15H,2-3H2,1H3. The molecular formula is C27H17F5. The fraction of sp³-hybridized carbons (Fsp3) is 0.111. The minimum Gasteiger partial charge on any atom is -0.207 e. The molecule has 4 aromatic rings. The summed E-state index contributed by atoms with van der Waals surface area (Å²) < 4.78 is 71.5. The molecular weight excluding hydrogens is 419 g/mol. The minimum absolute atomic E-state index is 0.240. The lowest BCUT2D eigenvalue weighted by Gasteiger charge is -2.09. The fourth-order valence-electron chi connectivity index (χ4n) is 3.60. The van der Waals surface area contributed by atoms with Crippen LogP contribution in [0.15, 0.2) is 60.7 Å². The molecule has 0 atom stereocenters. The van der Waals surface area contributed by atoms with Crippen molar-refractivity contribution >= 4 is 10.8 Å². The quantitative estimate of drug-likeness (QED) is 0.230. The molecule has 0 nitrogen and oxygen atoms in total. The first-order valence-electron chi connectivity index (χ1n) is 10.0. The monoisotopic (exact) mass is 436 g/mol. The first-order valence-corrected chi connectivity index (χ1v) is 10.0. The Morgan fingerprint density at radius 1 is 0.656 bits per heavy atom. The van der Waals surface area contributed by atoms with Gasteiger partial charge in [-0.2, -0.15) is 0 Å². The van der Waals surface area contributed by atoms with Gasteiger partial charge < -0.3 is 0 Å². The van der Waals surface area contributed by atoms with E-state index >= 15 is 0 Å². The first kappa shape index (κ1) is 21.6. The molecule has 0 radical (unpaired) electrons. The molecule has 0 saturated carbocycles. The average Bonchev–Trinajstić information content (AvgIpc) is 2.73. The molecule has 0 aromatic heterocycles. The van der Waals surface area contributed by atoms with Crippen LogP contribution >= 0.6 is 0 Å². The second kappa shape index (κ2) is 8.84. The summed E-state index contributed by atoms with van der Waals surface area (Å²) in [4.78, 5) is 0. The molecule has 0 aliphatic heterocycles. The Kier molecular flexibility index (Phi) is 5.96. The molecule has 0 amide bonds. The van der Waals surface area contributed by atoms with Gasteiger partial charge in [-0.05, 0) is 76.9 Å². The highest BCUT2D eigenvalue weighted by Gasteiger charge is 2.17. The fourth-order valence-corrected chi connectivity index (χ4v) is 3.60. The Labute approximate surface area is 182 Å². The second-order valence-corrected chi connectivity index (χ2v) is 7.46. The summed E-state index contributed by atoms with van der Waals surface area (Å²) in [7, 11) is 0. The third-order valence-electron chi connectivity index (χ3n) is 5.11. The van der Waals surface area contributed by atoms with Crippen molar-refractivity contribution in [3.8, 4) is 23.0 Å². The van der Waals surface area contributed by atoms with Crippen LogP contribution in [0.1, 0.15) is 30.0 Å². The van der Waals surface area contributed by atoms with Crippen molar-refractivity contribution in [1.29, 1.82) is 0 Å². The van der Waals surface area contributed by atoms with Gasteiger partial charge in [-0.3, -0.25) is 0 Å². The molecule has 0 spiro atoms. The van der Waals surface area contributed by atoms with Crippen LogP contribution in [0.3, 0.4) is 0 Å². The molecule has 0 saturated heterocycles. The maximum absolute atomic E-state index is 14.6. The van der Waals surface area contributed by atoms with Crippen LogP contribution in [0, 0.1) is 40.9 Å². The number of hydrogen-bond donors (Lipinski definition) is 0. The SMILES string of the molecule is CCCc1cc(F)c(-c2cc(F)c(C#Cc3ccc4cc(F)ccc4c3)c(F)c2)c(F)c1. The Balaban J connectivity index is 1.70. The maximum atomic E-state index is 14.6. The third kappa shape index (κ3) is 4.36. The van der Waals surface area contributed by atoms with Crippen LogP contribution in [0.5, 0.6) is 0 Å². The number of rotatable bonds is 3. The van der Waals surface area contributed by atoms with Gasteiger partial charge in [0.05, 0.1) is 11.1 Å². The molecule has 5 heteroatoms. The lowest BCUT2D eigenvalue weighted by atomic mass is 9.99. The number of aryl methyl sites for hydroxylation is 1. The van der Waals surface area contributed by atoms with E-state index < -0.39 is 34.4 Å². The van der Waals surface area contributed by atoms with Crippen LogP contribution < -0.4 is 0 Å². The molecule has 0 N–H and O–H groups in total. The molecule has 0 bridgehead atoms. The Bertz CT molecular complexity index is 1350. The van der Waals surface area contributed by atoms with Gasteiger partial charge in [0.2, 0.25) is 0 Å². The second-order valence-electron chi connectivity index (χ2n) is 7.46. The summed E-state index contributed by atoms with van der Waals surface area (Å²) >= 11 is 0. The van der Waals surface area contributed by atoms with E-state index in [9.17, 15) is 22.0 Å². The van der Waals surface area contributed by atoms with E-state index in [-0.39, 0.29) is 11.4 Å². The number of fused-ring (bicyclic) bond motifs is 1. The summed E-state index contributed by atoms with van der Waals surface area (Å²) in [5.41, 5.74) is -0.264. The van der Waals surface area contributed by atoms with Gasteiger partial charge >= 0.3 is 0 Å². The van der Waals surface area contributed by atoms with Gasteiger partial charge in [-0.1, -0.05) is 37.3 Å². The zero-order valence-corrected chi connectivity index (χ0v) is 17.1. The molecule has 0 aliphatic rings. The van der Waals surface area contributed by atoms with Crippen molar-refractivity contribution in [1.82, 2.24) is 0 Å². The van der Waals surface area contributed by atoms with E-state index in [4.69, 9.17) is 0 Å². The largest absolute Gasteiger partial charge is 0.207 e. The van der Waals surface area contributed by atoms with Crippen LogP contribution in [-0.2, 0) is 6.42 Å². The Hall–Kier alpha value is -3.65. The predicted octanol–water partition coefficient (Wildman–Crippen LogP) is 7.55. The third-order valence-corrected chi connectivity index (χ3v) is 5.11. The van der Waals surface area contributed by atoms with Gasteiger partial charge in [-0.25, -0.2) is 22.0 Å². The lowest BCUT2D eigenvalue weighted by Crippen LogP contribution is -1.98. The summed E-state index contributed by atoms with van der Waals surface area (Å²) in [6, 6.07) is 13.3. The van der Waals surface area contributed by atoms with Crippen molar-refractivity contribution in [2.24, 2.45) is 0 Å². The summed E-state index contributed by atoms with van der Waals surface area (Å²) in [5, 5.41) is 1.40. The van der Waals surface area contributed by atoms with Gasteiger partial charge in [0, 0.05) is 5.56 Å². The Morgan fingerprint density at radius 2 is 1.28 bits per heavy atom. The van der Waals surface area contributed by atoms with Crippen molar-refractivity contribution in [2.75, 3.05) is 0 Å². The molecule has 0 unspecified atom stereocenters. The maximum Gasteiger partial charge on any atom is 0.142 e. The molecule has 0 heterocycles. The van der Waals surface area contributed by atoms with E-state index in [0.29, 0.717) is 29.4 Å². The molecule has 160 valence electrons.